The number of fused-ring (bicyclic) bond motifs is 1. The van der Waals surface area contributed by atoms with Crippen molar-refractivity contribution in [2.24, 2.45) is 0 Å². The van der Waals surface area contributed by atoms with E-state index in [9.17, 15) is 0 Å². The van der Waals surface area contributed by atoms with E-state index in [2.05, 4.69) is 181 Å². The average molecular weight is 590 g/mol. The molecule has 7 aromatic rings. The third-order valence-electron chi connectivity index (χ3n) is 7.92. The van der Waals surface area contributed by atoms with Crippen LogP contribution in [0.2, 0.25) is 0 Å². The van der Waals surface area contributed by atoms with Crippen LogP contribution in [-0.4, -0.2) is 4.57 Å². The summed E-state index contributed by atoms with van der Waals surface area (Å²) in [5.41, 5.74) is 5.32. The second-order valence-electron chi connectivity index (χ2n) is 10.5. The van der Waals surface area contributed by atoms with Crippen molar-refractivity contribution in [2.75, 3.05) is 0 Å². The Morgan fingerprint density at radius 3 is 1.44 bits per heavy atom. The average Bonchev–Trinajstić information content (AvgIpc) is 3.45. The predicted molar refractivity (Wildman–Crippen MR) is 190 cm³/mol. The summed E-state index contributed by atoms with van der Waals surface area (Å²) in [7, 11) is -1.63. The first-order valence-electron chi connectivity index (χ1n) is 14.9. The first-order valence-corrected chi connectivity index (χ1v) is 17.5. The van der Waals surface area contributed by atoms with E-state index in [1.54, 1.807) is 0 Å². The first-order chi connectivity index (χ1) is 21.3. The predicted octanol–water partition coefficient (Wildman–Crippen LogP) is 7.71. The Morgan fingerprint density at radius 2 is 0.930 bits per heavy atom. The van der Waals surface area contributed by atoms with Gasteiger partial charge in [-0.2, -0.15) is 0 Å². The summed E-state index contributed by atoms with van der Waals surface area (Å²) in [4.78, 5) is 0. The summed E-state index contributed by atoms with van der Waals surface area (Å²) in [5.74, 6) is 0. The third kappa shape index (κ3) is 5.36. The Balaban J connectivity index is 1.58. The van der Waals surface area contributed by atoms with Gasteiger partial charge in [-0.1, -0.05) is 165 Å². The molecule has 0 aliphatic rings. The van der Waals surface area contributed by atoms with E-state index in [4.69, 9.17) is 0 Å². The molecule has 0 amide bonds. The SMILES string of the molecule is CCc1cccc(P(c2ccccc2)c2ccccc2)c1-n1c(P(c2ccccc2)c2ccccc2)cc2ccccc21. The summed E-state index contributed by atoms with van der Waals surface area (Å²) in [6.45, 7) is 2.29. The largest absolute Gasteiger partial charge is 0.308 e. The third-order valence-corrected chi connectivity index (χ3v) is 12.8. The molecular weight excluding hydrogens is 556 g/mol. The lowest BCUT2D eigenvalue weighted by molar-refractivity contribution is 1.07. The highest BCUT2D eigenvalue weighted by molar-refractivity contribution is 7.80. The molecule has 0 aliphatic carbocycles. The van der Waals surface area contributed by atoms with E-state index in [0.717, 1.165) is 6.42 Å². The van der Waals surface area contributed by atoms with Gasteiger partial charge in [0.25, 0.3) is 0 Å². The fourth-order valence-corrected chi connectivity index (χ4v) is 10.9. The van der Waals surface area contributed by atoms with Gasteiger partial charge in [0.05, 0.1) is 16.6 Å². The molecule has 0 fully saturated rings. The zero-order valence-electron chi connectivity index (χ0n) is 24.2. The van der Waals surface area contributed by atoms with Gasteiger partial charge < -0.3 is 4.57 Å². The summed E-state index contributed by atoms with van der Waals surface area (Å²) >= 11 is 0. The molecule has 0 aliphatic heterocycles. The highest BCUT2D eigenvalue weighted by atomic mass is 31.1. The molecule has 208 valence electrons. The molecular formula is C40H33NP2. The number of rotatable bonds is 8. The topological polar surface area (TPSA) is 4.93 Å². The fourth-order valence-electron chi connectivity index (χ4n) is 5.99. The first kappa shape index (κ1) is 27.5. The Kier molecular flexibility index (Phi) is 8.02. The van der Waals surface area contributed by atoms with Crippen LogP contribution in [-0.2, 0) is 6.42 Å². The number of hydrogen-bond donors (Lipinski definition) is 0. The Morgan fingerprint density at radius 1 is 0.465 bits per heavy atom. The monoisotopic (exact) mass is 589 g/mol. The maximum Gasteiger partial charge on any atom is 0.0577 e. The van der Waals surface area contributed by atoms with Crippen LogP contribution in [0.3, 0.4) is 0 Å². The number of aryl methyl sites for hydroxylation is 1. The molecule has 3 heteroatoms. The zero-order chi connectivity index (χ0) is 29.0. The minimum Gasteiger partial charge on any atom is -0.308 e. The van der Waals surface area contributed by atoms with Gasteiger partial charge in [-0.05, 0) is 53.3 Å². The number of para-hydroxylation sites is 2. The lowest BCUT2D eigenvalue weighted by Crippen LogP contribution is -2.30. The summed E-state index contributed by atoms with van der Waals surface area (Å²) in [5, 5.41) is 8.12. The van der Waals surface area contributed by atoms with Crippen molar-refractivity contribution >= 4 is 58.7 Å². The minimum atomic E-state index is -0.825. The summed E-state index contributed by atoms with van der Waals surface area (Å²) in [6, 6.07) is 62.6. The molecule has 1 nitrogen and oxygen atoms in total. The molecule has 0 saturated carbocycles. The molecule has 0 spiro atoms. The van der Waals surface area contributed by atoms with E-state index in [-0.39, 0.29) is 0 Å². The lowest BCUT2D eigenvalue weighted by atomic mass is 10.1. The van der Waals surface area contributed by atoms with Gasteiger partial charge in [-0.3, -0.25) is 0 Å². The molecule has 0 saturated heterocycles. The van der Waals surface area contributed by atoms with Crippen LogP contribution in [0.1, 0.15) is 12.5 Å². The van der Waals surface area contributed by atoms with Crippen LogP contribution in [0, 0.1) is 0 Å². The van der Waals surface area contributed by atoms with Crippen molar-refractivity contribution in [3.63, 3.8) is 0 Å². The van der Waals surface area contributed by atoms with Crippen LogP contribution < -0.4 is 32.0 Å². The molecule has 0 N–H and O–H groups in total. The van der Waals surface area contributed by atoms with Crippen LogP contribution in [0.25, 0.3) is 16.6 Å². The summed E-state index contributed by atoms with van der Waals surface area (Å²) < 4.78 is 2.62. The van der Waals surface area contributed by atoms with Crippen molar-refractivity contribution in [1.29, 1.82) is 0 Å². The lowest BCUT2D eigenvalue weighted by Gasteiger charge is -2.28. The van der Waals surface area contributed by atoms with Gasteiger partial charge in [0.2, 0.25) is 0 Å². The normalized spacial score (nSPS) is 11.4. The summed E-state index contributed by atoms with van der Waals surface area (Å²) in [6.07, 6.45) is 0.955. The Bertz CT molecular complexity index is 1870. The molecule has 0 atom stereocenters. The van der Waals surface area contributed by atoms with E-state index in [1.807, 2.05) is 0 Å². The second-order valence-corrected chi connectivity index (χ2v) is 14.9. The minimum absolute atomic E-state index is 0.803. The van der Waals surface area contributed by atoms with E-state index in [1.165, 1.54) is 54.1 Å². The number of benzene rings is 6. The number of nitrogens with zero attached hydrogens (tertiary/aromatic N) is 1. The fraction of sp³-hybridized carbons (Fsp3) is 0.0500. The standard InChI is InChI=1S/C40H33NP2/c1-2-31-19-17-29-38(42(33-20-7-3-8-21-33)34-22-9-4-10-23-34)40(31)41-37-28-16-15-18-32(37)30-39(41)43(35-24-11-5-12-25-35)36-26-13-6-14-27-36/h3-30H,2H2,1H3. The van der Waals surface area contributed by atoms with Crippen molar-refractivity contribution in [3.8, 4) is 5.69 Å². The quantitative estimate of drug-likeness (QED) is 0.160. The van der Waals surface area contributed by atoms with Gasteiger partial charge in [0, 0.05) is 18.6 Å². The van der Waals surface area contributed by atoms with Crippen LogP contribution >= 0.6 is 15.8 Å². The zero-order valence-corrected chi connectivity index (χ0v) is 26.0. The highest BCUT2D eigenvalue weighted by Gasteiger charge is 2.28. The second kappa shape index (κ2) is 12.5. The maximum atomic E-state index is 2.62. The van der Waals surface area contributed by atoms with Crippen LogP contribution in [0.4, 0.5) is 0 Å². The van der Waals surface area contributed by atoms with Gasteiger partial charge in [0.1, 0.15) is 0 Å². The van der Waals surface area contributed by atoms with E-state index >= 15 is 0 Å². The molecule has 7 rings (SSSR count). The van der Waals surface area contributed by atoms with Crippen molar-refractivity contribution in [1.82, 2.24) is 4.57 Å². The Labute approximate surface area is 257 Å². The number of hydrogen-bond acceptors (Lipinski definition) is 0. The molecule has 0 radical (unpaired) electrons. The van der Waals surface area contributed by atoms with E-state index in [0.29, 0.717) is 0 Å². The van der Waals surface area contributed by atoms with Gasteiger partial charge >= 0.3 is 0 Å². The molecule has 1 aromatic heterocycles. The number of aromatic nitrogens is 1. The van der Waals surface area contributed by atoms with E-state index < -0.39 is 15.8 Å². The van der Waals surface area contributed by atoms with Gasteiger partial charge in [0.15, 0.2) is 0 Å². The molecule has 6 aromatic carbocycles. The molecule has 0 unspecified atom stereocenters. The highest BCUT2D eigenvalue weighted by Crippen LogP contribution is 2.40. The molecule has 43 heavy (non-hydrogen) atoms. The smallest absolute Gasteiger partial charge is 0.0577 e. The maximum absolute atomic E-state index is 2.62. The van der Waals surface area contributed by atoms with Crippen molar-refractivity contribution in [3.05, 3.63) is 175 Å². The van der Waals surface area contributed by atoms with Crippen molar-refractivity contribution in [2.45, 2.75) is 13.3 Å². The molecule has 0 bridgehead atoms. The van der Waals surface area contributed by atoms with Crippen LogP contribution in [0.15, 0.2) is 170 Å². The van der Waals surface area contributed by atoms with Crippen molar-refractivity contribution < 1.29 is 0 Å². The Hall–Kier alpha value is -4.28. The molecule has 1 heterocycles. The van der Waals surface area contributed by atoms with Gasteiger partial charge in [-0.15, -0.1) is 0 Å². The van der Waals surface area contributed by atoms with Gasteiger partial charge in [-0.25, -0.2) is 0 Å². The van der Waals surface area contributed by atoms with Crippen LogP contribution in [0.5, 0.6) is 0 Å².